The number of carbonyl (C=O) groups is 1. The first-order chi connectivity index (χ1) is 3.66. The molecule has 0 heterocycles. The number of hydrogen-bond donors (Lipinski definition) is 1. The molecule has 0 fully saturated rings. The van der Waals surface area contributed by atoms with Gasteiger partial charge in [0.15, 0.2) is 6.29 Å². The second-order valence-corrected chi connectivity index (χ2v) is 1.49. The second-order valence-electron chi connectivity index (χ2n) is 1.22. The van der Waals surface area contributed by atoms with Crippen LogP contribution in [0.15, 0.2) is 0 Å². The molecule has 0 amide bonds. The Morgan fingerprint density at radius 3 is 2.62 bits per heavy atom. The van der Waals surface area contributed by atoms with Crippen molar-refractivity contribution in [3.05, 3.63) is 0 Å². The molecule has 8 heavy (non-hydrogen) atoms. The van der Waals surface area contributed by atoms with Gasteiger partial charge >= 0.3 is 5.97 Å². The standard InChI is InChI=1S/C4H7ClO3/c1-3(6)8-4(7)2-5/h3,6H,2H2,1H3. The van der Waals surface area contributed by atoms with Crippen LogP contribution in [0.4, 0.5) is 0 Å². The van der Waals surface area contributed by atoms with Crippen LogP contribution in [0.5, 0.6) is 0 Å². The van der Waals surface area contributed by atoms with Crippen molar-refractivity contribution < 1.29 is 14.6 Å². The van der Waals surface area contributed by atoms with E-state index in [1.54, 1.807) is 0 Å². The lowest BCUT2D eigenvalue weighted by Gasteiger charge is -2.02. The molecular formula is C4H7ClO3. The average Bonchev–Trinajstić information content (AvgIpc) is 1.65. The van der Waals surface area contributed by atoms with Crippen LogP contribution in [0, 0.1) is 0 Å². The van der Waals surface area contributed by atoms with E-state index in [9.17, 15) is 4.79 Å². The molecule has 0 rings (SSSR count). The fourth-order valence-corrected chi connectivity index (χ4v) is 0.285. The largest absolute Gasteiger partial charge is 0.435 e. The molecule has 0 aromatic heterocycles. The van der Waals surface area contributed by atoms with E-state index >= 15 is 0 Å². The molecule has 0 radical (unpaired) electrons. The van der Waals surface area contributed by atoms with Crippen LogP contribution in [-0.2, 0) is 9.53 Å². The molecule has 0 aliphatic rings. The van der Waals surface area contributed by atoms with Crippen molar-refractivity contribution in [3.63, 3.8) is 0 Å². The van der Waals surface area contributed by atoms with E-state index in [4.69, 9.17) is 16.7 Å². The fraction of sp³-hybridized carbons (Fsp3) is 0.750. The topological polar surface area (TPSA) is 46.5 Å². The lowest BCUT2D eigenvalue weighted by atomic mass is 10.7. The zero-order valence-electron chi connectivity index (χ0n) is 4.43. The van der Waals surface area contributed by atoms with E-state index in [-0.39, 0.29) is 5.88 Å². The van der Waals surface area contributed by atoms with E-state index < -0.39 is 12.3 Å². The Morgan fingerprint density at radius 2 is 2.50 bits per heavy atom. The number of alkyl halides is 1. The summed E-state index contributed by atoms with van der Waals surface area (Å²) in [6.07, 6.45) is -1.05. The number of ether oxygens (including phenoxy) is 1. The van der Waals surface area contributed by atoms with Crippen LogP contribution in [0.2, 0.25) is 0 Å². The van der Waals surface area contributed by atoms with Gasteiger partial charge in [-0.2, -0.15) is 0 Å². The maximum Gasteiger partial charge on any atom is 0.323 e. The van der Waals surface area contributed by atoms with Crippen molar-refractivity contribution in [2.45, 2.75) is 13.2 Å². The highest BCUT2D eigenvalue weighted by Crippen LogP contribution is 1.86. The SMILES string of the molecule is CC(O)OC(=O)CCl. The summed E-state index contributed by atoms with van der Waals surface area (Å²) in [7, 11) is 0. The molecule has 0 saturated heterocycles. The van der Waals surface area contributed by atoms with E-state index in [2.05, 4.69) is 4.74 Å². The van der Waals surface area contributed by atoms with Crippen molar-refractivity contribution in [2.75, 3.05) is 5.88 Å². The number of halogens is 1. The number of carbonyl (C=O) groups excluding carboxylic acids is 1. The first kappa shape index (κ1) is 7.72. The summed E-state index contributed by atoms with van der Waals surface area (Å²) in [6, 6.07) is 0. The molecule has 0 aromatic carbocycles. The van der Waals surface area contributed by atoms with Gasteiger partial charge in [-0.3, -0.25) is 4.79 Å². The number of esters is 1. The lowest BCUT2D eigenvalue weighted by molar-refractivity contribution is -0.161. The normalized spacial score (nSPS) is 12.9. The number of aliphatic hydroxyl groups is 1. The summed E-state index contributed by atoms with van der Waals surface area (Å²) >= 11 is 5.01. The highest BCUT2D eigenvalue weighted by molar-refractivity contribution is 6.26. The lowest BCUT2D eigenvalue weighted by Crippen LogP contribution is -2.14. The molecule has 0 aliphatic carbocycles. The molecular weight excluding hydrogens is 131 g/mol. The molecule has 4 heteroatoms. The Morgan fingerprint density at radius 1 is 2.00 bits per heavy atom. The van der Waals surface area contributed by atoms with Crippen molar-refractivity contribution in [1.82, 2.24) is 0 Å². The van der Waals surface area contributed by atoms with Gasteiger partial charge in [-0.15, -0.1) is 11.6 Å². The Balaban J connectivity index is 3.25. The Bertz CT molecular complexity index is 81.4. The van der Waals surface area contributed by atoms with E-state index in [0.717, 1.165) is 0 Å². The van der Waals surface area contributed by atoms with E-state index in [0.29, 0.717) is 0 Å². The van der Waals surface area contributed by atoms with Crippen molar-refractivity contribution in [2.24, 2.45) is 0 Å². The summed E-state index contributed by atoms with van der Waals surface area (Å²) < 4.78 is 4.18. The van der Waals surface area contributed by atoms with Crippen molar-refractivity contribution >= 4 is 17.6 Å². The number of hydrogen-bond acceptors (Lipinski definition) is 3. The van der Waals surface area contributed by atoms with Gasteiger partial charge in [0.05, 0.1) is 0 Å². The van der Waals surface area contributed by atoms with Gasteiger partial charge in [0, 0.05) is 0 Å². The molecule has 0 spiro atoms. The molecule has 0 aromatic rings. The summed E-state index contributed by atoms with van der Waals surface area (Å²) in [4.78, 5) is 10.1. The average molecular weight is 139 g/mol. The molecule has 0 saturated carbocycles. The second kappa shape index (κ2) is 3.69. The van der Waals surface area contributed by atoms with Gasteiger partial charge < -0.3 is 9.84 Å². The molecule has 0 bridgehead atoms. The monoisotopic (exact) mass is 138 g/mol. The third-order valence-corrected chi connectivity index (χ3v) is 0.629. The highest BCUT2D eigenvalue weighted by atomic mass is 35.5. The van der Waals surface area contributed by atoms with Crippen LogP contribution in [0.3, 0.4) is 0 Å². The summed E-state index contributed by atoms with van der Waals surface area (Å²) in [5, 5.41) is 8.35. The fourth-order valence-electron chi connectivity index (χ4n) is 0.222. The maximum atomic E-state index is 10.1. The number of rotatable bonds is 2. The minimum absolute atomic E-state index is 0.217. The Kier molecular flexibility index (Phi) is 3.56. The first-order valence-electron chi connectivity index (χ1n) is 2.10. The van der Waals surface area contributed by atoms with Crippen LogP contribution >= 0.6 is 11.6 Å². The quantitative estimate of drug-likeness (QED) is 0.335. The van der Waals surface area contributed by atoms with Gasteiger partial charge in [0.25, 0.3) is 0 Å². The zero-order valence-corrected chi connectivity index (χ0v) is 5.18. The summed E-state index contributed by atoms with van der Waals surface area (Å²) in [5.74, 6) is -0.827. The van der Waals surface area contributed by atoms with Crippen LogP contribution in [0.25, 0.3) is 0 Å². The van der Waals surface area contributed by atoms with Gasteiger partial charge in [0.1, 0.15) is 5.88 Å². The summed E-state index contributed by atoms with van der Waals surface area (Å²) in [6.45, 7) is 1.34. The van der Waals surface area contributed by atoms with Gasteiger partial charge in [0.2, 0.25) is 0 Å². The first-order valence-corrected chi connectivity index (χ1v) is 2.63. The van der Waals surface area contributed by atoms with E-state index in [1.807, 2.05) is 0 Å². The third kappa shape index (κ3) is 3.89. The Labute approximate surface area is 52.2 Å². The minimum Gasteiger partial charge on any atom is -0.435 e. The third-order valence-electron chi connectivity index (χ3n) is 0.411. The predicted molar refractivity (Wildman–Crippen MR) is 28.5 cm³/mol. The molecule has 3 nitrogen and oxygen atoms in total. The smallest absolute Gasteiger partial charge is 0.323 e. The molecule has 1 unspecified atom stereocenters. The minimum atomic E-state index is -1.05. The van der Waals surface area contributed by atoms with E-state index in [1.165, 1.54) is 6.92 Å². The summed E-state index contributed by atoms with van der Waals surface area (Å²) in [5.41, 5.74) is 0. The predicted octanol–water partition coefficient (Wildman–Crippen LogP) is 0.107. The van der Waals surface area contributed by atoms with Crippen LogP contribution in [0.1, 0.15) is 6.92 Å². The van der Waals surface area contributed by atoms with Crippen molar-refractivity contribution in [1.29, 1.82) is 0 Å². The molecule has 0 aliphatic heterocycles. The van der Waals surface area contributed by atoms with Gasteiger partial charge in [-0.25, -0.2) is 0 Å². The molecule has 1 atom stereocenters. The highest BCUT2D eigenvalue weighted by Gasteiger charge is 2.01. The van der Waals surface area contributed by atoms with Crippen LogP contribution < -0.4 is 0 Å². The number of aliphatic hydroxyl groups excluding tert-OH is 1. The zero-order chi connectivity index (χ0) is 6.57. The van der Waals surface area contributed by atoms with Gasteiger partial charge in [-0.1, -0.05) is 0 Å². The molecule has 1 N–H and O–H groups in total. The van der Waals surface area contributed by atoms with Crippen molar-refractivity contribution in [3.8, 4) is 0 Å². The van der Waals surface area contributed by atoms with Crippen LogP contribution in [-0.4, -0.2) is 23.2 Å². The molecule has 48 valence electrons. The maximum absolute atomic E-state index is 10.1. The Hall–Kier alpha value is -0.280. The van der Waals surface area contributed by atoms with Gasteiger partial charge in [-0.05, 0) is 6.92 Å².